The van der Waals surface area contributed by atoms with Crippen molar-refractivity contribution in [1.82, 2.24) is 25.1 Å². The van der Waals surface area contributed by atoms with E-state index >= 15 is 0 Å². The van der Waals surface area contributed by atoms with Gasteiger partial charge in [-0.1, -0.05) is 12.1 Å². The van der Waals surface area contributed by atoms with Crippen molar-refractivity contribution >= 4 is 5.91 Å². The Morgan fingerprint density at radius 1 is 1.17 bits per heavy atom. The summed E-state index contributed by atoms with van der Waals surface area (Å²) in [6.45, 7) is 4.22. The van der Waals surface area contributed by atoms with Crippen molar-refractivity contribution in [2.75, 3.05) is 39.3 Å². The van der Waals surface area contributed by atoms with E-state index in [-0.39, 0.29) is 30.5 Å². The van der Waals surface area contributed by atoms with Crippen LogP contribution in [0.25, 0.3) is 0 Å². The second-order valence-electron chi connectivity index (χ2n) is 6.86. The van der Waals surface area contributed by atoms with Gasteiger partial charge >= 0.3 is 0 Å². The van der Waals surface area contributed by atoms with Gasteiger partial charge in [-0.3, -0.25) is 19.4 Å². The van der Waals surface area contributed by atoms with Gasteiger partial charge in [0.1, 0.15) is 11.6 Å². The van der Waals surface area contributed by atoms with Crippen molar-refractivity contribution in [1.29, 1.82) is 0 Å². The molecule has 2 aromatic rings. The Kier molecular flexibility index (Phi) is 6.91. The molecule has 0 spiro atoms. The van der Waals surface area contributed by atoms with Gasteiger partial charge in [0.05, 0.1) is 13.2 Å². The van der Waals surface area contributed by atoms with Crippen LogP contribution in [0.5, 0.6) is 5.75 Å². The van der Waals surface area contributed by atoms with E-state index in [2.05, 4.69) is 25.1 Å². The maximum Gasteiger partial charge on any atom is 0.293 e. The van der Waals surface area contributed by atoms with E-state index in [1.54, 1.807) is 0 Å². The lowest BCUT2D eigenvalue weighted by Gasteiger charge is -2.33. The Morgan fingerprint density at radius 3 is 2.48 bits per heavy atom. The molecule has 4 N–H and O–H groups in total. The van der Waals surface area contributed by atoms with Gasteiger partial charge in [0.15, 0.2) is 5.69 Å². The third-order valence-corrected chi connectivity index (χ3v) is 4.78. The second-order valence-corrected chi connectivity index (χ2v) is 6.86. The molecule has 0 unspecified atom stereocenters. The van der Waals surface area contributed by atoms with E-state index in [0.29, 0.717) is 18.7 Å². The highest BCUT2D eigenvalue weighted by Crippen LogP contribution is 2.11. The molecule has 1 fully saturated rings. The molecule has 1 amide bonds. The predicted molar refractivity (Wildman–Crippen MR) is 103 cm³/mol. The number of hydrogen-bond donors (Lipinski definition) is 4. The fraction of sp³-hybridized carbons (Fsp3) is 0.421. The molecule has 2 heterocycles. The normalized spacial score (nSPS) is 15.4. The van der Waals surface area contributed by atoms with E-state index in [9.17, 15) is 19.1 Å². The molecule has 10 heteroatoms. The highest BCUT2D eigenvalue weighted by molar-refractivity contribution is 5.94. The average molecular weight is 405 g/mol. The van der Waals surface area contributed by atoms with Gasteiger partial charge in [0, 0.05) is 39.3 Å². The SMILES string of the molecule is O=C(NCc1ccc(F)cc1)c1nc(CN2CCN(CCO)CC2)[nH]c(=O)c1O. The number of benzene rings is 1. The number of amides is 1. The summed E-state index contributed by atoms with van der Waals surface area (Å²) < 4.78 is 13.0. The van der Waals surface area contributed by atoms with Crippen LogP contribution in [0.4, 0.5) is 4.39 Å². The molecule has 0 aliphatic carbocycles. The Hall–Kier alpha value is -2.82. The lowest BCUT2D eigenvalue weighted by molar-refractivity contribution is 0.0939. The van der Waals surface area contributed by atoms with Crippen LogP contribution in [0.3, 0.4) is 0 Å². The number of hydrogen-bond acceptors (Lipinski definition) is 7. The highest BCUT2D eigenvalue weighted by Gasteiger charge is 2.21. The average Bonchev–Trinajstić information content (AvgIpc) is 2.71. The number of aromatic nitrogens is 2. The van der Waals surface area contributed by atoms with Gasteiger partial charge in [-0.25, -0.2) is 9.37 Å². The monoisotopic (exact) mass is 405 g/mol. The molecule has 9 nitrogen and oxygen atoms in total. The van der Waals surface area contributed by atoms with E-state index in [4.69, 9.17) is 5.11 Å². The number of aromatic hydroxyl groups is 1. The molecule has 1 aliphatic heterocycles. The predicted octanol–water partition coefficient (Wildman–Crippen LogP) is -0.345. The van der Waals surface area contributed by atoms with Crippen LogP contribution in [0, 0.1) is 5.82 Å². The number of aliphatic hydroxyl groups excluding tert-OH is 1. The maximum absolute atomic E-state index is 13.0. The van der Waals surface area contributed by atoms with Crippen molar-refractivity contribution in [3.05, 3.63) is 57.5 Å². The van der Waals surface area contributed by atoms with E-state index < -0.39 is 17.2 Å². The molecule has 0 bridgehead atoms. The lowest BCUT2D eigenvalue weighted by atomic mass is 10.2. The van der Waals surface area contributed by atoms with Gasteiger partial charge < -0.3 is 20.5 Å². The summed E-state index contributed by atoms with van der Waals surface area (Å²) in [5.74, 6) is -1.52. The third-order valence-electron chi connectivity index (χ3n) is 4.78. The van der Waals surface area contributed by atoms with Gasteiger partial charge in [-0.2, -0.15) is 0 Å². The first-order valence-electron chi connectivity index (χ1n) is 9.36. The van der Waals surface area contributed by atoms with Crippen molar-refractivity contribution in [3.63, 3.8) is 0 Å². The summed E-state index contributed by atoms with van der Waals surface area (Å²) in [5.41, 5.74) is -0.448. The van der Waals surface area contributed by atoms with Crippen molar-refractivity contribution < 1.29 is 19.4 Å². The number of carbonyl (C=O) groups is 1. The summed E-state index contributed by atoms with van der Waals surface area (Å²) >= 11 is 0. The lowest BCUT2D eigenvalue weighted by Crippen LogP contribution is -2.47. The van der Waals surface area contributed by atoms with Gasteiger partial charge in [-0.15, -0.1) is 0 Å². The number of piperazine rings is 1. The number of aromatic amines is 1. The molecule has 156 valence electrons. The number of aliphatic hydroxyl groups is 1. The molecule has 0 saturated carbocycles. The summed E-state index contributed by atoms with van der Waals surface area (Å²) in [6, 6.07) is 5.62. The number of H-pyrrole nitrogens is 1. The quantitative estimate of drug-likeness (QED) is 0.497. The van der Waals surface area contributed by atoms with Crippen LogP contribution in [0.1, 0.15) is 21.9 Å². The van der Waals surface area contributed by atoms with Crippen molar-refractivity contribution in [2.45, 2.75) is 13.1 Å². The Labute approximate surface area is 166 Å². The summed E-state index contributed by atoms with van der Waals surface area (Å²) in [7, 11) is 0. The third kappa shape index (κ3) is 5.59. The van der Waals surface area contributed by atoms with Gasteiger partial charge in [0.2, 0.25) is 5.75 Å². The van der Waals surface area contributed by atoms with Crippen LogP contribution in [-0.2, 0) is 13.1 Å². The smallest absolute Gasteiger partial charge is 0.293 e. The van der Waals surface area contributed by atoms with Crippen LogP contribution in [-0.4, -0.2) is 75.2 Å². The molecule has 0 radical (unpaired) electrons. The Bertz CT molecular complexity index is 894. The molecular weight excluding hydrogens is 381 g/mol. The number of carbonyl (C=O) groups excluding carboxylic acids is 1. The number of halogens is 1. The second kappa shape index (κ2) is 9.59. The summed E-state index contributed by atoms with van der Waals surface area (Å²) in [4.78, 5) is 35.3. The largest absolute Gasteiger partial charge is 0.501 e. The first-order chi connectivity index (χ1) is 14.0. The Balaban J connectivity index is 1.64. The zero-order chi connectivity index (χ0) is 20.8. The number of nitrogens with zero attached hydrogens (tertiary/aromatic N) is 3. The van der Waals surface area contributed by atoms with Gasteiger partial charge in [0.25, 0.3) is 11.5 Å². The first-order valence-corrected chi connectivity index (χ1v) is 9.36. The maximum atomic E-state index is 13.0. The topological polar surface area (TPSA) is 122 Å². The molecule has 1 aromatic carbocycles. The summed E-state index contributed by atoms with van der Waals surface area (Å²) in [5, 5.41) is 21.5. The van der Waals surface area contributed by atoms with Gasteiger partial charge in [-0.05, 0) is 17.7 Å². The van der Waals surface area contributed by atoms with Crippen LogP contribution >= 0.6 is 0 Å². The van der Waals surface area contributed by atoms with E-state index in [1.165, 1.54) is 24.3 Å². The van der Waals surface area contributed by atoms with Crippen molar-refractivity contribution in [2.24, 2.45) is 0 Å². The molecule has 3 rings (SSSR count). The first kappa shape index (κ1) is 20.9. The van der Waals surface area contributed by atoms with Crippen molar-refractivity contribution in [3.8, 4) is 5.75 Å². The molecule has 29 heavy (non-hydrogen) atoms. The Morgan fingerprint density at radius 2 is 1.83 bits per heavy atom. The molecule has 1 aliphatic rings. The number of nitrogens with one attached hydrogen (secondary N) is 2. The molecule has 1 aromatic heterocycles. The summed E-state index contributed by atoms with van der Waals surface area (Å²) in [6.07, 6.45) is 0. The zero-order valence-corrected chi connectivity index (χ0v) is 15.9. The fourth-order valence-electron chi connectivity index (χ4n) is 3.14. The molecule has 1 saturated heterocycles. The number of rotatable bonds is 7. The minimum absolute atomic E-state index is 0.106. The molecular formula is C19H24FN5O4. The zero-order valence-electron chi connectivity index (χ0n) is 15.9. The molecule has 0 atom stereocenters. The standard InChI is InChI=1S/C19H24FN5O4/c20-14-3-1-13(2-4-14)11-21-18(28)16-17(27)19(29)23-15(22-16)12-25-7-5-24(6-8-25)9-10-26/h1-4,26-27H,5-12H2,(H,21,28)(H,22,23,29). The minimum atomic E-state index is -0.777. The van der Waals surface area contributed by atoms with E-state index in [1.807, 2.05) is 0 Å². The van der Waals surface area contributed by atoms with E-state index in [0.717, 1.165) is 26.2 Å². The van der Waals surface area contributed by atoms with Crippen LogP contribution < -0.4 is 10.9 Å². The highest BCUT2D eigenvalue weighted by atomic mass is 19.1. The van der Waals surface area contributed by atoms with Crippen LogP contribution in [0.2, 0.25) is 0 Å². The van der Waals surface area contributed by atoms with Crippen LogP contribution in [0.15, 0.2) is 29.1 Å². The fourth-order valence-corrected chi connectivity index (χ4v) is 3.14. The minimum Gasteiger partial charge on any atom is -0.501 e. The number of β-amino-alcohol motifs (C(OH)–C–C–N with tert-alkyl or cyclic N) is 1.